The number of nitrogens with two attached hydrogens (primary N) is 1. The number of aromatic nitrogens is 4. The van der Waals surface area contributed by atoms with Gasteiger partial charge in [0, 0.05) is 16.9 Å². The normalized spacial score (nSPS) is 20.7. The average molecular weight is 400 g/mol. The molecular formula is C19H24N6O4. The van der Waals surface area contributed by atoms with Crippen LogP contribution in [0.15, 0.2) is 18.6 Å². The molecular weight excluding hydrogens is 376 g/mol. The molecule has 0 unspecified atom stereocenters. The maximum atomic E-state index is 13.1. The zero-order valence-electron chi connectivity index (χ0n) is 16.6. The van der Waals surface area contributed by atoms with Gasteiger partial charge in [-0.2, -0.15) is 9.83 Å². The Hall–Kier alpha value is -3.01. The van der Waals surface area contributed by atoms with E-state index in [0.29, 0.717) is 28.1 Å². The van der Waals surface area contributed by atoms with Crippen LogP contribution < -0.4 is 15.8 Å². The minimum absolute atomic E-state index is 0.295. The summed E-state index contributed by atoms with van der Waals surface area (Å²) in [5.41, 5.74) is 6.84. The van der Waals surface area contributed by atoms with E-state index < -0.39 is 23.5 Å². The van der Waals surface area contributed by atoms with E-state index in [1.54, 1.807) is 4.68 Å². The van der Waals surface area contributed by atoms with Crippen LogP contribution in [0.4, 0.5) is 0 Å². The molecule has 29 heavy (non-hydrogen) atoms. The minimum atomic E-state index is -0.724. The summed E-state index contributed by atoms with van der Waals surface area (Å²) in [7, 11) is 0. The molecule has 154 valence electrons. The highest BCUT2D eigenvalue weighted by atomic mass is 16.5. The van der Waals surface area contributed by atoms with Crippen molar-refractivity contribution in [3.8, 4) is 5.82 Å². The first-order chi connectivity index (χ1) is 13.6. The summed E-state index contributed by atoms with van der Waals surface area (Å²) in [6.07, 6.45) is 5.13. The van der Waals surface area contributed by atoms with Gasteiger partial charge in [0.05, 0.1) is 11.9 Å². The molecule has 0 spiro atoms. The summed E-state index contributed by atoms with van der Waals surface area (Å²) in [5, 5.41) is 19.0. The second-order valence-electron chi connectivity index (χ2n) is 8.70. The molecule has 0 saturated heterocycles. The van der Waals surface area contributed by atoms with Crippen LogP contribution in [0.1, 0.15) is 54.9 Å². The van der Waals surface area contributed by atoms with Gasteiger partial charge in [0.15, 0.2) is 11.9 Å². The van der Waals surface area contributed by atoms with Crippen LogP contribution in [0.2, 0.25) is 0 Å². The zero-order chi connectivity index (χ0) is 20.9. The molecule has 10 nitrogen and oxygen atoms in total. The lowest BCUT2D eigenvalue weighted by atomic mass is 9.94. The van der Waals surface area contributed by atoms with Gasteiger partial charge in [-0.3, -0.25) is 9.59 Å². The molecule has 2 heterocycles. The number of ether oxygens (including phenoxy) is 1. The van der Waals surface area contributed by atoms with Crippen LogP contribution in [-0.4, -0.2) is 39.4 Å². The third kappa shape index (κ3) is 3.67. The summed E-state index contributed by atoms with van der Waals surface area (Å²) in [6.45, 7) is 5.37. The zero-order valence-corrected chi connectivity index (χ0v) is 16.6. The SMILES string of the molecule is CC(C)(C)[C@@H](NC(=O)c1nn(-c2c[n+]([O-])ccn2)c2c1C[C@H]1C[C@@H]21)OCC(N)=O. The highest BCUT2D eigenvalue weighted by Crippen LogP contribution is 2.57. The third-order valence-electron chi connectivity index (χ3n) is 5.30. The van der Waals surface area contributed by atoms with E-state index >= 15 is 0 Å². The molecule has 0 bridgehead atoms. The van der Waals surface area contributed by atoms with Crippen LogP contribution in [0.5, 0.6) is 0 Å². The van der Waals surface area contributed by atoms with E-state index in [1.165, 1.54) is 18.6 Å². The molecule has 4 rings (SSSR count). The van der Waals surface area contributed by atoms with Crippen LogP contribution in [0.25, 0.3) is 5.82 Å². The van der Waals surface area contributed by atoms with Crippen LogP contribution in [-0.2, 0) is 16.0 Å². The fourth-order valence-corrected chi connectivity index (χ4v) is 3.81. The molecule has 2 aromatic rings. The molecule has 1 fully saturated rings. The van der Waals surface area contributed by atoms with Crippen molar-refractivity contribution in [1.82, 2.24) is 20.1 Å². The van der Waals surface area contributed by atoms with Gasteiger partial charge < -0.3 is 21.0 Å². The molecule has 2 amide bonds. The van der Waals surface area contributed by atoms with Crippen LogP contribution in [0, 0.1) is 16.5 Å². The number of hydrogen-bond acceptors (Lipinski definition) is 6. The molecule has 3 atom stereocenters. The van der Waals surface area contributed by atoms with Gasteiger partial charge in [-0.15, -0.1) is 0 Å². The molecule has 3 N–H and O–H groups in total. The Bertz CT molecular complexity index is 980. The Morgan fingerprint density at radius 1 is 1.48 bits per heavy atom. The number of nitrogens with one attached hydrogen (secondary N) is 1. The summed E-state index contributed by atoms with van der Waals surface area (Å²) >= 11 is 0. The van der Waals surface area contributed by atoms with Crippen molar-refractivity contribution < 1.29 is 19.1 Å². The van der Waals surface area contributed by atoms with Crippen LogP contribution >= 0.6 is 0 Å². The predicted octanol–water partition coefficient (Wildman–Crippen LogP) is 0.164. The highest BCUT2D eigenvalue weighted by Gasteiger charge is 2.50. The van der Waals surface area contributed by atoms with Crippen molar-refractivity contribution in [1.29, 1.82) is 0 Å². The standard InChI is InChI=1S/C19H24N6O4/c1-19(2,3)18(29-9-13(20)26)22-17(27)15-12-7-10-6-11(10)16(12)25(23-15)14-8-24(28)5-4-21-14/h4-5,8,10-11,18H,6-7,9H2,1-3H3,(H2,20,26)(H,22,27)/t10-,11-,18+/m1/s1. The van der Waals surface area contributed by atoms with E-state index in [4.69, 9.17) is 10.5 Å². The van der Waals surface area contributed by atoms with E-state index in [9.17, 15) is 14.8 Å². The topological polar surface area (TPSA) is 139 Å². The Morgan fingerprint density at radius 2 is 2.24 bits per heavy atom. The van der Waals surface area contributed by atoms with Gasteiger partial charge in [-0.25, -0.2) is 9.67 Å². The van der Waals surface area contributed by atoms with Gasteiger partial charge in [0.1, 0.15) is 12.8 Å². The number of rotatable bonds is 6. The Balaban J connectivity index is 1.65. The van der Waals surface area contributed by atoms with E-state index in [2.05, 4.69) is 15.4 Å². The van der Waals surface area contributed by atoms with E-state index in [1.807, 2.05) is 20.8 Å². The molecule has 2 aliphatic carbocycles. The van der Waals surface area contributed by atoms with Gasteiger partial charge in [-0.1, -0.05) is 20.8 Å². The smallest absolute Gasteiger partial charge is 0.274 e. The number of primary amides is 1. The summed E-state index contributed by atoms with van der Waals surface area (Å²) in [5.74, 6) is 0.221. The Kier molecular flexibility index (Phi) is 4.53. The summed E-state index contributed by atoms with van der Waals surface area (Å²) < 4.78 is 7.78. The van der Waals surface area contributed by atoms with E-state index in [-0.39, 0.29) is 6.61 Å². The molecule has 10 heteroatoms. The lowest BCUT2D eigenvalue weighted by molar-refractivity contribution is -0.605. The van der Waals surface area contributed by atoms with Crippen molar-refractivity contribution in [2.24, 2.45) is 17.1 Å². The Labute approximate surface area is 167 Å². The molecule has 2 aliphatic rings. The maximum Gasteiger partial charge on any atom is 0.274 e. The lowest BCUT2D eigenvalue weighted by Gasteiger charge is -2.30. The van der Waals surface area contributed by atoms with Gasteiger partial charge in [-0.05, 0) is 18.8 Å². The predicted molar refractivity (Wildman–Crippen MR) is 101 cm³/mol. The van der Waals surface area contributed by atoms with Gasteiger partial charge in [0.25, 0.3) is 5.91 Å². The quantitative estimate of drug-likeness (QED) is 0.402. The summed E-state index contributed by atoms with van der Waals surface area (Å²) in [6, 6.07) is 0. The number of nitrogens with zero attached hydrogens (tertiary/aromatic N) is 4. The van der Waals surface area contributed by atoms with E-state index in [0.717, 1.165) is 24.1 Å². The fourth-order valence-electron chi connectivity index (χ4n) is 3.81. The number of hydrogen-bond donors (Lipinski definition) is 2. The first-order valence-electron chi connectivity index (χ1n) is 9.53. The number of carbonyl (C=O) groups excluding carboxylic acids is 2. The highest BCUT2D eigenvalue weighted by molar-refractivity contribution is 5.94. The Morgan fingerprint density at radius 3 is 2.90 bits per heavy atom. The lowest BCUT2D eigenvalue weighted by Crippen LogP contribution is -2.47. The number of fused-ring (bicyclic) bond motifs is 3. The second-order valence-corrected chi connectivity index (χ2v) is 8.70. The fraction of sp³-hybridized carbons (Fsp3) is 0.526. The molecule has 1 saturated carbocycles. The summed E-state index contributed by atoms with van der Waals surface area (Å²) in [4.78, 5) is 28.4. The van der Waals surface area contributed by atoms with Crippen LogP contribution in [0.3, 0.4) is 0 Å². The first kappa shape index (κ1) is 19.3. The first-order valence-corrected chi connectivity index (χ1v) is 9.53. The largest absolute Gasteiger partial charge is 0.619 e. The average Bonchev–Trinajstić information content (AvgIpc) is 3.13. The minimum Gasteiger partial charge on any atom is -0.619 e. The van der Waals surface area contributed by atoms with Crippen molar-refractivity contribution >= 4 is 11.8 Å². The van der Waals surface area contributed by atoms with Crippen molar-refractivity contribution in [3.05, 3.63) is 40.7 Å². The number of amides is 2. The second kappa shape index (κ2) is 6.80. The van der Waals surface area contributed by atoms with Gasteiger partial charge >= 0.3 is 0 Å². The maximum absolute atomic E-state index is 13.1. The van der Waals surface area contributed by atoms with Gasteiger partial charge in [0.2, 0.25) is 17.9 Å². The van der Waals surface area contributed by atoms with Crippen molar-refractivity contribution in [3.63, 3.8) is 0 Å². The molecule has 0 aliphatic heterocycles. The molecule has 2 aromatic heterocycles. The number of carbonyl (C=O) groups is 2. The molecule has 0 radical (unpaired) electrons. The third-order valence-corrected chi connectivity index (χ3v) is 5.30. The van der Waals surface area contributed by atoms with Crippen molar-refractivity contribution in [2.75, 3.05) is 6.61 Å². The monoisotopic (exact) mass is 400 g/mol. The van der Waals surface area contributed by atoms with Crippen molar-refractivity contribution in [2.45, 2.75) is 45.8 Å². The molecule has 0 aromatic carbocycles.